The summed E-state index contributed by atoms with van der Waals surface area (Å²) >= 11 is 0. The highest BCUT2D eigenvalue weighted by molar-refractivity contribution is 5.79. The zero-order chi connectivity index (χ0) is 22.7. The van der Waals surface area contributed by atoms with Gasteiger partial charge in [0.05, 0.1) is 0 Å². The Morgan fingerprint density at radius 2 is 1.67 bits per heavy atom. The van der Waals surface area contributed by atoms with Crippen LogP contribution in [-0.2, 0) is 19.6 Å². The number of aryl methyl sites for hydroxylation is 1. The van der Waals surface area contributed by atoms with Gasteiger partial charge < -0.3 is 15.5 Å². The summed E-state index contributed by atoms with van der Waals surface area (Å²) in [5.74, 6) is 0.835. The fourth-order valence-corrected chi connectivity index (χ4v) is 4.21. The zero-order valence-electron chi connectivity index (χ0n) is 19.5. The van der Waals surface area contributed by atoms with Gasteiger partial charge in [0.25, 0.3) is 0 Å². The van der Waals surface area contributed by atoms with Crippen molar-refractivity contribution in [2.75, 3.05) is 44.7 Å². The van der Waals surface area contributed by atoms with Crippen LogP contribution < -0.4 is 15.5 Å². The van der Waals surface area contributed by atoms with Gasteiger partial charge in [0.1, 0.15) is 0 Å². The predicted molar refractivity (Wildman–Crippen MR) is 135 cm³/mol. The average molecular weight is 446 g/mol. The first-order valence-electron chi connectivity index (χ1n) is 11.8. The van der Waals surface area contributed by atoms with E-state index in [2.05, 4.69) is 85.1 Å². The SMILES string of the molecule is CN=C(NCCCn1cccn1)NCc1ccccc1CN1CCN(c2ccccc2)CC1. The van der Waals surface area contributed by atoms with E-state index in [1.165, 1.54) is 16.8 Å². The van der Waals surface area contributed by atoms with Crippen LogP contribution in [0.3, 0.4) is 0 Å². The quantitative estimate of drug-likeness (QED) is 0.301. The number of piperazine rings is 1. The lowest BCUT2D eigenvalue weighted by Gasteiger charge is -2.36. The normalized spacial score (nSPS) is 14.9. The smallest absolute Gasteiger partial charge is 0.191 e. The lowest BCUT2D eigenvalue weighted by molar-refractivity contribution is 0.249. The molecule has 3 aromatic rings. The van der Waals surface area contributed by atoms with Crippen molar-refractivity contribution in [3.63, 3.8) is 0 Å². The summed E-state index contributed by atoms with van der Waals surface area (Å²) in [5, 5.41) is 11.1. The molecule has 174 valence electrons. The summed E-state index contributed by atoms with van der Waals surface area (Å²) in [6.07, 6.45) is 4.80. The van der Waals surface area contributed by atoms with Gasteiger partial charge in [0, 0.05) is 77.5 Å². The highest BCUT2D eigenvalue weighted by atomic mass is 15.3. The van der Waals surface area contributed by atoms with Crippen LogP contribution in [0.15, 0.2) is 78.0 Å². The molecule has 1 fully saturated rings. The minimum atomic E-state index is 0.763. The third-order valence-electron chi connectivity index (χ3n) is 6.09. The molecule has 0 radical (unpaired) electrons. The Kier molecular flexibility index (Phi) is 8.36. The number of hydrogen-bond donors (Lipinski definition) is 2. The number of aromatic nitrogens is 2. The van der Waals surface area contributed by atoms with Crippen LogP contribution in [0, 0.1) is 0 Å². The van der Waals surface area contributed by atoms with Crippen LogP contribution in [0.25, 0.3) is 0 Å². The van der Waals surface area contributed by atoms with E-state index >= 15 is 0 Å². The van der Waals surface area contributed by atoms with Crippen molar-refractivity contribution in [2.24, 2.45) is 4.99 Å². The van der Waals surface area contributed by atoms with Crippen LogP contribution in [0.1, 0.15) is 17.5 Å². The fraction of sp³-hybridized carbons (Fsp3) is 0.385. The monoisotopic (exact) mass is 445 g/mol. The molecule has 7 nitrogen and oxygen atoms in total. The first-order valence-corrected chi connectivity index (χ1v) is 11.8. The van der Waals surface area contributed by atoms with Crippen molar-refractivity contribution < 1.29 is 0 Å². The molecule has 1 saturated heterocycles. The average Bonchev–Trinajstić information content (AvgIpc) is 3.39. The molecule has 2 N–H and O–H groups in total. The second-order valence-corrected chi connectivity index (χ2v) is 8.34. The number of nitrogens with one attached hydrogen (secondary N) is 2. The molecule has 0 amide bonds. The number of guanidine groups is 1. The largest absolute Gasteiger partial charge is 0.369 e. The lowest BCUT2D eigenvalue weighted by Crippen LogP contribution is -2.46. The Labute approximate surface area is 197 Å². The summed E-state index contributed by atoms with van der Waals surface area (Å²) in [6, 6.07) is 21.4. The molecular weight excluding hydrogens is 410 g/mol. The molecule has 1 aliphatic heterocycles. The minimum absolute atomic E-state index is 0.763. The Morgan fingerprint density at radius 1 is 0.909 bits per heavy atom. The van der Waals surface area contributed by atoms with E-state index in [-0.39, 0.29) is 0 Å². The molecule has 0 aliphatic carbocycles. The highest BCUT2D eigenvalue weighted by Gasteiger charge is 2.18. The van der Waals surface area contributed by atoms with Crippen molar-refractivity contribution in [3.8, 4) is 0 Å². The number of anilines is 1. The van der Waals surface area contributed by atoms with Crippen molar-refractivity contribution >= 4 is 11.6 Å². The number of aliphatic imine (C=N–C) groups is 1. The Balaban J connectivity index is 1.23. The molecular formula is C26H35N7. The standard InChI is InChI=1S/C26H35N7/c1-27-26(28-13-7-15-33-16-8-14-30-33)29-21-23-9-5-6-10-24(23)22-31-17-19-32(20-18-31)25-11-3-2-4-12-25/h2-6,8-12,14,16H,7,13,15,17-22H2,1H3,(H2,27,28,29). The van der Waals surface area contributed by atoms with E-state index in [1.807, 2.05) is 30.2 Å². The molecule has 0 unspecified atom stereocenters. The molecule has 7 heteroatoms. The molecule has 2 aromatic carbocycles. The maximum Gasteiger partial charge on any atom is 0.191 e. The van der Waals surface area contributed by atoms with Crippen molar-refractivity contribution in [3.05, 3.63) is 84.2 Å². The number of benzene rings is 2. The van der Waals surface area contributed by atoms with E-state index in [1.54, 1.807) is 0 Å². The summed E-state index contributed by atoms with van der Waals surface area (Å²) in [7, 11) is 1.82. The second-order valence-electron chi connectivity index (χ2n) is 8.34. The molecule has 33 heavy (non-hydrogen) atoms. The van der Waals surface area contributed by atoms with Gasteiger partial charge in [-0.15, -0.1) is 0 Å². The van der Waals surface area contributed by atoms with E-state index < -0.39 is 0 Å². The van der Waals surface area contributed by atoms with E-state index in [0.29, 0.717) is 0 Å². The first-order chi connectivity index (χ1) is 16.3. The Hall–Kier alpha value is -3.32. The number of rotatable bonds is 9. The van der Waals surface area contributed by atoms with Gasteiger partial charge in [0.2, 0.25) is 0 Å². The molecule has 0 bridgehead atoms. The third kappa shape index (κ3) is 6.83. The van der Waals surface area contributed by atoms with E-state index in [4.69, 9.17) is 0 Å². The number of hydrogen-bond acceptors (Lipinski definition) is 4. The van der Waals surface area contributed by atoms with Gasteiger partial charge >= 0.3 is 0 Å². The maximum atomic E-state index is 4.38. The van der Waals surface area contributed by atoms with Gasteiger partial charge in [-0.25, -0.2) is 0 Å². The van der Waals surface area contributed by atoms with Gasteiger partial charge in [-0.3, -0.25) is 14.6 Å². The summed E-state index contributed by atoms with van der Waals surface area (Å²) in [6.45, 7) is 7.80. The molecule has 1 aliphatic rings. The Morgan fingerprint density at radius 3 is 2.39 bits per heavy atom. The zero-order valence-corrected chi connectivity index (χ0v) is 19.5. The number of nitrogens with zero attached hydrogens (tertiary/aromatic N) is 5. The lowest BCUT2D eigenvalue weighted by atomic mass is 10.1. The summed E-state index contributed by atoms with van der Waals surface area (Å²) in [4.78, 5) is 9.41. The van der Waals surface area contributed by atoms with Crippen LogP contribution in [-0.4, -0.2) is 60.4 Å². The molecule has 0 atom stereocenters. The minimum Gasteiger partial charge on any atom is -0.369 e. The predicted octanol–water partition coefficient (Wildman–Crippen LogP) is 2.96. The van der Waals surface area contributed by atoms with Crippen molar-refractivity contribution in [1.82, 2.24) is 25.3 Å². The van der Waals surface area contributed by atoms with Gasteiger partial charge in [0.15, 0.2) is 5.96 Å². The first kappa shape index (κ1) is 22.9. The van der Waals surface area contributed by atoms with Crippen LogP contribution >= 0.6 is 0 Å². The van der Waals surface area contributed by atoms with Crippen molar-refractivity contribution in [2.45, 2.75) is 26.1 Å². The maximum absolute atomic E-state index is 4.38. The van der Waals surface area contributed by atoms with E-state index in [9.17, 15) is 0 Å². The highest BCUT2D eigenvalue weighted by Crippen LogP contribution is 2.18. The topological polar surface area (TPSA) is 60.7 Å². The van der Waals surface area contributed by atoms with E-state index in [0.717, 1.165) is 64.7 Å². The molecule has 1 aromatic heterocycles. The van der Waals surface area contributed by atoms with Crippen molar-refractivity contribution in [1.29, 1.82) is 0 Å². The fourth-order valence-electron chi connectivity index (χ4n) is 4.21. The molecule has 2 heterocycles. The molecule has 0 spiro atoms. The van der Waals surface area contributed by atoms with Crippen LogP contribution in [0.2, 0.25) is 0 Å². The molecule has 4 rings (SSSR count). The Bertz CT molecular complexity index is 977. The molecule has 0 saturated carbocycles. The second kappa shape index (κ2) is 12.1. The van der Waals surface area contributed by atoms with Gasteiger partial charge in [-0.1, -0.05) is 42.5 Å². The van der Waals surface area contributed by atoms with Gasteiger partial charge in [-0.2, -0.15) is 5.10 Å². The summed E-state index contributed by atoms with van der Waals surface area (Å²) < 4.78 is 1.95. The summed E-state index contributed by atoms with van der Waals surface area (Å²) in [5.41, 5.74) is 4.03. The van der Waals surface area contributed by atoms with Crippen LogP contribution in [0.5, 0.6) is 0 Å². The van der Waals surface area contributed by atoms with Gasteiger partial charge in [-0.05, 0) is 35.7 Å². The van der Waals surface area contributed by atoms with Crippen LogP contribution in [0.4, 0.5) is 5.69 Å². The third-order valence-corrected chi connectivity index (χ3v) is 6.09. The number of para-hydroxylation sites is 1.